The average Bonchev–Trinajstić information content (AvgIpc) is 2.78. The second-order valence-corrected chi connectivity index (χ2v) is 12.3. The van der Waals surface area contributed by atoms with E-state index in [0.29, 0.717) is 30.1 Å². The van der Waals surface area contributed by atoms with E-state index in [9.17, 15) is 13.2 Å². The van der Waals surface area contributed by atoms with Crippen LogP contribution in [0.3, 0.4) is 0 Å². The summed E-state index contributed by atoms with van der Waals surface area (Å²) in [6.45, 7) is 2.35. The fourth-order valence-electron chi connectivity index (χ4n) is 6.80. The van der Waals surface area contributed by atoms with Crippen LogP contribution in [-0.4, -0.2) is 37.3 Å². The largest absolute Gasteiger partial charge is 0.494 e. The maximum atomic E-state index is 13.6. The lowest BCUT2D eigenvalue weighted by Gasteiger charge is -2.57. The third-order valence-corrected chi connectivity index (χ3v) is 9.54. The van der Waals surface area contributed by atoms with Crippen LogP contribution >= 0.6 is 0 Å². The van der Waals surface area contributed by atoms with E-state index in [1.54, 1.807) is 24.3 Å². The van der Waals surface area contributed by atoms with E-state index in [-0.39, 0.29) is 29.4 Å². The Labute approximate surface area is 202 Å². The van der Waals surface area contributed by atoms with E-state index < -0.39 is 10.0 Å². The van der Waals surface area contributed by atoms with Gasteiger partial charge in [0.25, 0.3) is 0 Å². The van der Waals surface area contributed by atoms with Gasteiger partial charge >= 0.3 is 0 Å². The van der Waals surface area contributed by atoms with Gasteiger partial charge in [0.1, 0.15) is 5.75 Å². The second-order valence-electron chi connectivity index (χ2n) is 10.4. The number of nitrogens with one attached hydrogen (secondary N) is 1. The van der Waals surface area contributed by atoms with Crippen LogP contribution in [0.15, 0.2) is 59.5 Å². The van der Waals surface area contributed by atoms with E-state index in [4.69, 9.17) is 4.74 Å². The minimum Gasteiger partial charge on any atom is -0.494 e. The smallest absolute Gasteiger partial charge is 0.243 e. The molecule has 0 aromatic heterocycles. The summed E-state index contributed by atoms with van der Waals surface area (Å²) in [4.78, 5) is 13.5. The van der Waals surface area contributed by atoms with Crippen LogP contribution in [0.1, 0.15) is 51.0 Å². The predicted molar refractivity (Wildman–Crippen MR) is 131 cm³/mol. The van der Waals surface area contributed by atoms with E-state index in [2.05, 4.69) is 5.32 Å². The first-order valence-electron chi connectivity index (χ1n) is 12.4. The zero-order valence-corrected chi connectivity index (χ0v) is 20.6. The molecule has 4 aliphatic rings. The highest BCUT2D eigenvalue weighted by atomic mass is 32.2. The van der Waals surface area contributed by atoms with E-state index in [1.165, 1.54) is 23.6 Å². The third kappa shape index (κ3) is 4.86. The minimum atomic E-state index is -3.88. The molecule has 0 aliphatic heterocycles. The van der Waals surface area contributed by atoms with Crippen molar-refractivity contribution in [2.45, 2.75) is 62.4 Å². The molecule has 6 nitrogen and oxygen atoms in total. The highest BCUT2D eigenvalue weighted by molar-refractivity contribution is 7.89. The minimum absolute atomic E-state index is 0.144. The topological polar surface area (TPSA) is 75.7 Å². The molecule has 2 aromatic rings. The van der Waals surface area contributed by atoms with Crippen molar-refractivity contribution in [3.05, 3.63) is 60.2 Å². The summed E-state index contributed by atoms with van der Waals surface area (Å²) < 4.78 is 34.0. The van der Waals surface area contributed by atoms with Gasteiger partial charge in [-0.25, -0.2) is 8.42 Å². The van der Waals surface area contributed by atoms with E-state index in [0.717, 1.165) is 24.8 Å². The fraction of sp³-hybridized carbons (Fsp3) is 0.519. The number of carbonyl (C=O) groups excluding carboxylic acids is 1. The van der Waals surface area contributed by atoms with Crippen molar-refractivity contribution >= 4 is 15.9 Å². The molecule has 2 aromatic carbocycles. The normalized spacial score (nSPS) is 27.6. The van der Waals surface area contributed by atoms with Gasteiger partial charge in [-0.2, -0.15) is 4.31 Å². The summed E-state index contributed by atoms with van der Waals surface area (Å²) in [5.41, 5.74) is 0.701. The molecule has 0 spiro atoms. The first-order chi connectivity index (χ1) is 16.3. The highest BCUT2D eigenvalue weighted by Gasteiger charge is 2.51. The molecule has 182 valence electrons. The number of ether oxygens (including phenoxy) is 1. The Morgan fingerprint density at radius 1 is 0.971 bits per heavy atom. The first-order valence-corrected chi connectivity index (χ1v) is 13.9. The molecule has 4 aliphatic carbocycles. The number of rotatable bonds is 9. The number of benzene rings is 2. The summed E-state index contributed by atoms with van der Waals surface area (Å²) in [7, 11) is -3.88. The van der Waals surface area contributed by atoms with Crippen LogP contribution in [0.4, 0.5) is 0 Å². The molecule has 4 fully saturated rings. The lowest BCUT2D eigenvalue weighted by atomic mass is 9.53. The van der Waals surface area contributed by atoms with Crippen molar-refractivity contribution in [3.63, 3.8) is 0 Å². The van der Waals surface area contributed by atoms with Gasteiger partial charge in [0.15, 0.2) is 0 Å². The van der Waals surface area contributed by atoms with Gasteiger partial charge in [0.2, 0.25) is 15.9 Å². The molecule has 7 heteroatoms. The van der Waals surface area contributed by atoms with Crippen molar-refractivity contribution in [1.29, 1.82) is 0 Å². The van der Waals surface area contributed by atoms with Gasteiger partial charge in [0, 0.05) is 12.1 Å². The number of amides is 1. The number of hydrogen-bond acceptors (Lipinski definition) is 4. The predicted octanol–water partition coefficient (Wildman–Crippen LogP) is 4.36. The van der Waals surface area contributed by atoms with Gasteiger partial charge in [-0.1, -0.05) is 30.3 Å². The Morgan fingerprint density at radius 3 is 2.12 bits per heavy atom. The van der Waals surface area contributed by atoms with Crippen LogP contribution in [0.2, 0.25) is 0 Å². The lowest BCUT2D eigenvalue weighted by molar-refractivity contribution is -0.127. The summed E-state index contributed by atoms with van der Waals surface area (Å²) >= 11 is 0. The maximum Gasteiger partial charge on any atom is 0.243 e. The van der Waals surface area contributed by atoms with Crippen LogP contribution < -0.4 is 10.1 Å². The molecule has 4 saturated carbocycles. The zero-order chi connectivity index (χ0) is 23.8. The van der Waals surface area contributed by atoms with E-state index in [1.807, 2.05) is 37.3 Å². The Kier molecular flexibility index (Phi) is 6.42. The Balaban J connectivity index is 1.36. The Bertz CT molecular complexity index is 1080. The van der Waals surface area contributed by atoms with Gasteiger partial charge < -0.3 is 10.1 Å². The van der Waals surface area contributed by atoms with Crippen molar-refractivity contribution in [2.75, 3.05) is 13.2 Å². The van der Waals surface area contributed by atoms with Crippen molar-refractivity contribution in [1.82, 2.24) is 9.62 Å². The highest BCUT2D eigenvalue weighted by Crippen LogP contribution is 2.55. The second kappa shape index (κ2) is 9.34. The first kappa shape index (κ1) is 23.4. The number of carbonyl (C=O) groups is 1. The Morgan fingerprint density at radius 2 is 1.56 bits per heavy atom. The summed E-state index contributed by atoms with van der Waals surface area (Å²) in [5.74, 6) is 2.54. The van der Waals surface area contributed by atoms with Crippen LogP contribution in [0.5, 0.6) is 5.75 Å². The maximum absolute atomic E-state index is 13.6. The molecule has 0 saturated heterocycles. The van der Waals surface area contributed by atoms with Gasteiger partial charge in [-0.15, -0.1) is 0 Å². The Hall–Kier alpha value is -2.38. The number of sulfonamides is 1. The number of nitrogens with zero attached hydrogens (tertiary/aromatic N) is 1. The van der Waals surface area contributed by atoms with Crippen molar-refractivity contribution in [2.24, 2.45) is 17.8 Å². The van der Waals surface area contributed by atoms with Crippen LogP contribution in [0, 0.1) is 17.8 Å². The summed E-state index contributed by atoms with van der Waals surface area (Å²) in [5, 5.41) is 3.33. The fourth-order valence-corrected chi connectivity index (χ4v) is 8.18. The molecule has 34 heavy (non-hydrogen) atoms. The quantitative estimate of drug-likeness (QED) is 0.576. The lowest BCUT2D eigenvalue weighted by Crippen LogP contribution is -2.61. The van der Waals surface area contributed by atoms with Gasteiger partial charge in [-0.05, 0) is 93.0 Å². The molecule has 1 amide bonds. The van der Waals surface area contributed by atoms with Crippen LogP contribution in [-0.2, 0) is 21.4 Å². The van der Waals surface area contributed by atoms with Gasteiger partial charge in [-0.3, -0.25) is 4.79 Å². The number of hydrogen-bond donors (Lipinski definition) is 1. The summed E-state index contributed by atoms with van der Waals surface area (Å²) in [6, 6.07) is 15.9. The summed E-state index contributed by atoms with van der Waals surface area (Å²) in [6.07, 6.45) is 6.99. The molecule has 0 heterocycles. The molecular formula is C27H34N2O4S. The third-order valence-electron chi connectivity index (χ3n) is 7.74. The van der Waals surface area contributed by atoms with Crippen LogP contribution in [0.25, 0.3) is 0 Å². The van der Waals surface area contributed by atoms with Crippen molar-refractivity contribution in [3.8, 4) is 5.75 Å². The molecule has 6 rings (SSSR count). The average molecular weight is 483 g/mol. The molecule has 0 atom stereocenters. The standard InChI is InChI=1S/C27H34N2O4S/c1-2-33-24-8-10-25(11-9-24)34(31,32)29(18-20-6-4-3-5-7-20)19-26(30)28-27-15-21-12-22(16-27)14-23(13-21)17-27/h3-11,21-23H,2,12-19H2,1H3,(H,28,30). The van der Waals surface area contributed by atoms with Crippen molar-refractivity contribution < 1.29 is 17.9 Å². The molecular weight excluding hydrogens is 448 g/mol. The van der Waals surface area contributed by atoms with Gasteiger partial charge in [0.05, 0.1) is 18.0 Å². The molecule has 0 radical (unpaired) electrons. The SMILES string of the molecule is CCOc1ccc(S(=O)(=O)N(CC(=O)NC23CC4CC(CC(C4)C2)C3)Cc2ccccc2)cc1. The molecule has 4 bridgehead atoms. The van der Waals surface area contributed by atoms with E-state index >= 15 is 0 Å². The zero-order valence-electron chi connectivity index (χ0n) is 19.8. The molecule has 1 N–H and O–H groups in total. The molecule has 0 unspecified atom stereocenters. The monoisotopic (exact) mass is 482 g/mol.